The second-order valence-corrected chi connectivity index (χ2v) is 7.50. The number of thiophene rings is 1. The van der Waals surface area contributed by atoms with Crippen molar-refractivity contribution in [2.45, 2.75) is 12.5 Å². The maximum atomic E-state index is 12.4. The molecule has 1 unspecified atom stereocenters. The smallest absolute Gasteiger partial charge is 0.305 e. The van der Waals surface area contributed by atoms with E-state index in [1.807, 2.05) is 0 Å². The van der Waals surface area contributed by atoms with E-state index < -0.39 is 30.1 Å². The SMILES string of the molecule is O=C(O)CC(NC(=O)c1ccc(Cl)cc1)C(=O)c1ccc(Br)s1. The lowest BCUT2D eigenvalue weighted by atomic mass is 10.1. The van der Waals surface area contributed by atoms with Crippen LogP contribution in [0, 0.1) is 0 Å². The Morgan fingerprint density at radius 3 is 2.35 bits per heavy atom. The maximum absolute atomic E-state index is 12.4. The number of carbonyl (C=O) groups excluding carboxylic acids is 2. The molecule has 5 nitrogen and oxygen atoms in total. The van der Waals surface area contributed by atoms with Gasteiger partial charge in [-0.3, -0.25) is 14.4 Å². The first-order chi connectivity index (χ1) is 10.9. The molecule has 2 N–H and O–H groups in total. The number of carboxylic acid groups (broad SMARTS) is 1. The summed E-state index contributed by atoms with van der Waals surface area (Å²) in [5.74, 6) is -2.14. The van der Waals surface area contributed by atoms with Crippen molar-refractivity contribution in [3.05, 3.63) is 55.6 Å². The number of benzene rings is 1. The molecule has 1 heterocycles. The summed E-state index contributed by atoms with van der Waals surface area (Å²) in [5, 5.41) is 11.9. The van der Waals surface area contributed by atoms with Crippen LogP contribution in [-0.2, 0) is 4.79 Å². The molecule has 0 spiro atoms. The zero-order chi connectivity index (χ0) is 17.0. The molecule has 2 aromatic rings. The molecule has 23 heavy (non-hydrogen) atoms. The zero-order valence-electron chi connectivity index (χ0n) is 11.6. The Balaban J connectivity index is 2.18. The van der Waals surface area contributed by atoms with Gasteiger partial charge in [0.2, 0.25) is 0 Å². The monoisotopic (exact) mass is 415 g/mol. The van der Waals surface area contributed by atoms with Crippen molar-refractivity contribution in [1.29, 1.82) is 0 Å². The first kappa shape index (κ1) is 17.7. The van der Waals surface area contributed by atoms with Gasteiger partial charge < -0.3 is 10.4 Å². The van der Waals surface area contributed by atoms with Crippen LogP contribution in [0.4, 0.5) is 0 Å². The summed E-state index contributed by atoms with van der Waals surface area (Å²) in [6.07, 6.45) is -0.492. The summed E-state index contributed by atoms with van der Waals surface area (Å²) in [6.45, 7) is 0. The minimum absolute atomic E-state index is 0.296. The van der Waals surface area contributed by atoms with E-state index in [1.165, 1.54) is 23.5 Å². The summed E-state index contributed by atoms with van der Waals surface area (Å²) in [7, 11) is 0. The standard InChI is InChI=1S/C15H11BrClNO4S/c16-12-6-5-11(23-12)14(21)10(7-13(19)20)18-15(22)8-1-3-9(17)4-2-8/h1-6,10H,7H2,(H,18,22)(H,19,20). The van der Waals surface area contributed by atoms with Crippen molar-refractivity contribution >= 4 is 56.5 Å². The lowest BCUT2D eigenvalue weighted by Gasteiger charge is -2.15. The number of amides is 1. The fourth-order valence-electron chi connectivity index (χ4n) is 1.85. The number of halogens is 2. The molecule has 0 bridgehead atoms. The maximum Gasteiger partial charge on any atom is 0.305 e. The molecule has 1 amide bonds. The molecule has 2 rings (SSSR count). The molecule has 0 fully saturated rings. The number of nitrogens with one attached hydrogen (secondary N) is 1. The highest BCUT2D eigenvalue weighted by Crippen LogP contribution is 2.24. The van der Waals surface area contributed by atoms with E-state index in [2.05, 4.69) is 21.2 Å². The zero-order valence-corrected chi connectivity index (χ0v) is 14.7. The fourth-order valence-corrected chi connectivity index (χ4v) is 3.35. The summed E-state index contributed by atoms with van der Waals surface area (Å²) in [6, 6.07) is 8.23. The van der Waals surface area contributed by atoms with Crippen molar-refractivity contribution in [2.24, 2.45) is 0 Å². The predicted molar refractivity (Wildman–Crippen MR) is 91.3 cm³/mol. The normalized spacial score (nSPS) is 11.7. The largest absolute Gasteiger partial charge is 0.481 e. The lowest BCUT2D eigenvalue weighted by Crippen LogP contribution is -2.42. The molecule has 1 atom stereocenters. The Morgan fingerprint density at radius 1 is 1.17 bits per heavy atom. The van der Waals surface area contributed by atoms with E-state index >= 15 is 0 Å². The third kappa shape index (κ3) is 4.89. The Bertz CT molecular complexity index is 744. The van der Waals surface area contributed by atoms with Gasteiger partial charge in [-0.15, -0.1) is 11.3 Å². The van der Waals surface area contributed by atoms with Crippen LogP contribution < -0.4 is 5.32 Å². The number of carboxylic acids is 1. The van der Waals surface area contributed by atoms with Crippen molar-refractivity contribution in [2.75, 3.05) is 0 Å². The Labute approximate surface area is 149 Å². The Kier molecular flexibility index (Phi) is 5.92. The van der Waals surface area contributed by atoms with Gasteiger partial charge in [0.1, 0.15) is 6.04 Å². The van der Waals surface area contributed by atoms with E-state index in [-0.39, 0.29) is 0 Å². The van der Waals surface area contributed by atoms with Crippen molar-refractivity contribution in [1.82, 2.24) is 5.32 Å². The van der Waals surface area contributed by atoms with Crippen LogP contribution in [-0.4, -0.2) is 28.8 Å². The van der Waals surface area contributed by atoms with E-state index in [0.717, 1.165) is 3.79 Å². The van der Waals surface area contributed by atoms with E-state index in [4.69, 9.17) is 16.7 Å². The Morgan fingerprint density at radius 2 is 1.83 bits per heavy atom. The molecule has 120 valence electrons. The molecule has 8 heteroatoms. The molecular formula is C15H11BrClNO4S. The number of hydrogen-bond acceptors (Lipinski definition) is 4. The van der Waals surface area contributed by atoms with Gasteiger partial charge in [-0.2, -0.15) is 0 Å². The number of hydrogen-bond donors (Lipinski definition) is 2. The average molecular weight is 417 g/mol. The molecule has 0 aliphatic carbocycles. The summed E-state index contributed by atoms with van der Waals surface area (Å²) in [5.41, 5.74) is 0.296. The first-order valence-corrected chi connectivity index (χ1v) is 8.43. The lowest BCUT2D eigenvalue weighted by molar-refractivity contribution is -0.137. The molecule has 1 aromatic carbocycles. The van der Waals surface area contributed by atoms with Crippen molar-refractivity contribution < 1.29 is 19.5 Å². The van der Waals surface area contributed by atoms with Gasteiger partial charge in [0.05, 0.1) is 15.1 Å². The van der Waals surface area contributed by atoms with Crippen LogP contribution in [0.25, 0.3) is 0 Å². The third-order valence-electron chi connectivity index (χ3n) is 2.92. The first-order valence-electron chi connectivity index (χ1n) is 6.44. The van der Waals surface area contributed by atoms with Crippen LogP contribution in [0.15, 0.2) is 40.2 Å². The summed E-state index contributed by atoms with van der Waals surface area (Å²) in [4.78, 5) is 35.9. The van der Waals surface area contributed by atoms with Gasteiger partial charge in [-0.25, -0.2) is 0 Å². The summed E-state index contributed by atoms with van der Waals surface area (Å²) < 4.78 is 0.749. The quantitative estimate of drug-likeness (QED) is 0.705. The molecular weight excluding hydrogens is 406 g/mol. The second-order valence-electron chi connectivity index (χ2n) is 4.60. The van der Waals surface area contributed by atoms with Gasteiger partial charge >= 0.3 is 5.97 Å². The van der Waals surface area contributed by atoms with Crippen LogP contribution in [0.3, 0.4) is 0 Å². The van der Waals surface area contributed by atoms with E-state index in [0.29, 0.717) is 15.5 Å². The van der Waals surface area contributed by atoms with Crippen molar-refractivity contribution in [3.8, 4) is 0 Å². The van der Waals surface area contributed by atoms with Crippen LogP contribution in [0.5, 0.6) is 0 Å². The second kappa shape index (κ2) is 7.72. The molecule has 0 aliphatic heterocycles. The number of rotatable bonds is 6. The Hall–Kier alpha value is -1.70. The van der Waals surface area contributed by atoms with E-state index in [1.54, 1.807) is 24.3 Å². The van der Waals surface area contributed by atoms with Crippen LogP contribution in [0.2, 0.25) is 5.02 Å². The number of carbonyl (C=O) groups is 3. The van der Waals surface area contributed by atoms with Gasteiger partial charge in [0, 0.05) is 10.6 Å². The average Bonchev–Trinajstić information content (AvgIpc) is 2.92. The van der Waals surface area contributed by atoms with Crippen LogP contribution >= 0.6 is 38.9 Å². The fraction of sp³-hybridized carbons (Fsp3) is 0.133. The third-order valence-corrected chi connectivity index (χ3v) is 4.81. The van der Waals surface area contributed by atoms with Gasteiger partial charge in [0.15, 0.2) is 5.78 Å². The number of aliphatic carboxylic acids is 1. The van der Waals surface area contributed by atoms with Gasteiger partial charge in [0.25, 0.3) is 5.91 Å². The number of Topliss-reactive ketones (excluding diaryl/α,β-unsaturated/α-hetero) is 1. The highest BCUT2D eigenvalue weighted by Gasteiger charge is 2.26. The number of ketones is 1. The predicted octanol–water partition coefficient (Wildman–Crippen LogP) is 3.62. The van der Waals surface area contributed by atoms with E-state index in [9.17, 15) is 14.4 Å². The summed E-state index contributed by atoms with van der Waals surface area (Å²) >= 11 is 10.2. The van der Waals surface area contributed by atoms with Crippen molar-refractivity contribution in [3.63, 3.8) is 0 Å². The highest BCUT2D eigenvalue weighted by atomic mass is 79.9. The van der Waals surface area contributed by atoms with Gasteiger partial charge in [-0.1, -0.05) is 11.6 Å². The molecule has 1 aromatic heterocycles. The van der Waals surface area contributed by atoms with Gasteiger partial charge in [-0.05, 0) is 52.3 Å². The molecule has 0 saturated heterocycles. The minimum Gasteiger partial charge on any atom is -0.481 e. The molecule has 0 saturated carbocycles. The molecule has 0 radical (unpaired) electrons. The topological polar surface area (TPSA) is 83.5 Å². The highest BCUT2D eigenvalue weighted by molar-refractivity contribution is 9.11. The minimum atomic E-state index is -1.17. The van der Waals surface area contributed by atoms with Crippen LogP contribution in [0.1, 0.15) is 26.5 Å². The molecule has 0 aliphatic rings.